The van der Waals surface area contributed by atoms with Crippen LogP contribution in [-0.4, -0.2) is 23.7 Å². The topological polar surface area (TPSA) is 55.8 Å². The van der Waals surface area contributed by atoms with Crippen LogP contribution in [0.2, 0.25) is 0 Å². The molecule has 3 rings (SSSR count). The summed E-state index contributed by atoms with van der Waals surface area (Å²) < 4.78 is 36.5. The predicted molar refractivity (Wildman–Crippen MR) is 79.5 cm³/mol. The number of nitrogens with zero attached hydrogens (tertiary/aromatic N) is 1. The minimum Gasteiger partial charge on any atom is -0.446 e. The van der Waals surface area contributed by atoms with Gasteiger partial charge in [0.15, 0.2) is 11.6 Å². The number of cyclic esters (lactones) is 1. The molecule has 5 nitrogen and oxygen atoms in total. The molecule has 0 radical (unpaired) electrons. The highest BCUT2D eigenvalue weighted by atomic mass is 19.2. The predicted octanol–water partition coefficient (Wildman–Crippen LogP) is 3.97. The van der Waals surface area contributed by atoms with Gasteiger partial charge >= 0.3 is 12.2 Å². The zero-order valence-electron chi connectivity index (χ0n) is 12.7. The van der Waals surface area contributed by atoms with Gasteiger partial charge in [0.1, 0.15) is 18.4 Å². The molecule has 0 aliphatic carbocycles. The average Bonchev–Trinajstić information content (AvgIpc) is 2.94. The number of rotatable bonds is 2. The summed E-state index contributed by atoms with van der Waals surface area (Å²) in [6.07, 6.45) is -1.85. The lowest BCUT2D eigenvalue weighted by atomic mass is 10.1. The summed E-state index contributed by atoms with van der Waals surface area (Å²) in [5, 5.41) is 0. The van der Waals surface area contributed by atoms with Gasteiger partial charge in [0.05, 0.1) is 0 Å². The molecule has 0 spiro atoms. The van der Waals surface area contributed by atoms with Crippen molar-refractivity contribution in [1.29, 1.82) is 0 Å². The maximum Gasteiger partial charge on any atom is 0.425 e. The van der Waals surface area contributed by atoms with Crippen LogP contribution in [0.5, 0.6) is 5.75 Å². The fraction of sp³-hybridized carbons (Fsp3) is 0.176. The molecule has 2 amide bonds. The highest BCUT2D eigenvalue weighted by molar-refractivity contribution is 5.90. The summed E-state index contributed by atoms with van der Waals surface area (Å²) in [5.41, 5.74) is 1.22. The Hall–Kier alpha value is -2.96. The molecule has 1 aliphatic heterocycles. The number of benzene rings is 2. The molecule has 1 saturated heterocycles. The number of carbonyl (C=O) groups excluding carboxylic acids is 2. The van der Waals surface area contributed by atoms with Gasteiger partial charge in [-0.15, -0.1) is 0 Å². The highest BCUT2D eigenvalue weighted by Crippen LogP contribution is 2.29. The average molecular weight is 333 g/mol. The van der Waals surface area contributed by atoms with E-state index in [9.17, 15) is 18.4 Å². The maximum absolute atomic E-state index is 13.4. The number of ether oxygens (including phenoxy) is 2. The first-order valence-corrected chi connectivity index (χ1v) is 7.15. The van der Waals surface area contributed by atoms with E-state index in [1.54, 1.807) is 24.3 Å². The molecule has 0 aromatic heterocycles. The number of hydrogen-bond acceptors (Lipinski definition) is 4. The molecule has 1 atom stereocenters. The Morgan fingerprint density at radius 3 is 2.54 bits per heavy atom. The van der Waals surface area contributed by atoms with Crippen LogP contribution < -0.4 is 4.74 Å². The smallest absolute Gasteiger partial charge is 0.425 e. The van der Waals surface area contributed by atoms with Crippen molar-refractivity contribution in [2.24, 2.45) is 0 Å². The highest BCUT2D eigenvalue weighted by Gasteiger charge is 2.40. The van der Waals surface area contributed by atoms with Crippen LogP contribution in [0.1, 0.15) is 17.2 Å². The summed E-state index contributed by atoms with van der Waals surface area (Å²) in [6, 6.07) is 8.92. The van der Waals surface area contributed by atoms with Gasteiger partial charge in [-0.05, 0) is 36.8 Å². The van der Waals surface area contributed by atoms with E-state index >= 15 is 0 Å². The van der Waals surface area contributed by atoms with E-state index in [1.807, 2.05) is 6.92 Å². The lowest BCUT2D eigenvalue weighted by Gasteiger charge is -2.19. The van der Waals surface area contributed by atoms with Gasteiger partial charge < -0.3 is 9.47 Å². The molecule has 0 unspecified atom stereocenters. The summed E-state index contributed by atoms with van der Waals surface area (Å²) in [6.45, 7) is 1.72. The van der Waals surface area contributed by atoms with Gasteiger partial charge in [-0.3, -0.25) is 0 Å². The molecule has 0 bridgehead atoms. The minimum absolute atomic E-state index is 0.160. The number of carbonyl (C=O) groups is 2. The van der Waals surface area contributed by atoms with Gasteiger partial charge in [-0.25, -0.2) is 23.3 Å². The van der Waals surface area contributed by atoms with E-state index in [1.165, 1.54) is 6.07 Å². The van der Waals surface area contributed by atoms with Crippen molar-refractivity contribution in [3.05, 3.63) is 65.2 Å². The molecule has 1 fully saturated rings. The second-order valence-electron chi connectivity index (χ2n) is 5.32. The summed E-state index contributed by atoms with van der Waals surface area (Å²) in [5.74, 6) is -1.83. The normalized spacial score (nSPS) is 16.9. The van der Waals surface area contributed by atoms with E-state index in [4.69, 9.17) is 9.47 Å². The third-order valence-corrected chi connectivity index (χ3v) is 3.62. The van der Waals surface area contributed by atoms with Crippen molar-refractivity contribution >= 4 is 12.2 Å². The van der Waals surface area contributed by atoms with Crippen molar-refractivity contribution in [3.63, 3.8) is 0 Å². The van der Waals surface area contributed by atoms with Gasteiger partial charge in [-0.2, -0.15) is 0 Å². The number of amides is 2. The molecule has 2 aromatic carbocycles. The molecular formula is C17H13F2NO4. The van der Waals surface area contributed by atoms with Crippen LogP contribution in [0.25, 0.3) is 0 Å². The zero-order valence-corrected chi connectivity index (χ0v) is 12.7. The molecule has 124 valence electrons. The van der Waals surface area contributed by atoms with Crippen LogP contribution in [0.3, 0.4) is 0 Å². The van der Waals surface area contributed by atoms with Gasteiger partial charge in [0.2, 0.25) is 0 Å². The molecule has 24 heavy (non-hydrogen) atoms. The van der Waals surface area contributed by atoms with E-state index < -0.39 is 29.9 Å². The Balaban J connectivity index is 1.83. The third-order valence-electron chi connectivity index (χ3n) is 3.62. The first-order valence-electron chi connectivity index (χ1n) is 7.15. The summed E-state index contributed by atoms with van der Waals surface area (Å²) in [7, 11) is 0. The molecule has 2 aromatic rings. The fourth-order valence-electron chi connectivity index (χ4n) is 2.34. The van der Waals surface area contributed by atoms with E-state index in [0.717, 1.165) is 22.6 Å². The summed E-state index contributed by atoms with van der Waals surface area (Å²) in [4.78, 5) is 24.9. The molecule has 7 heteroatoms. The molecule has 1 heterocycles. The number of halogens is 2. The second-order valence-corrected chi connectivity index (χ2v) is 5.32. The SMILES string of the molecule is Cc1ccc(OC(=O)N2C(=O)OC[C@@H]2c2ccc(F)c(F)c2)cc1. The molecular weight excluding hydrogens is 320 g/mol. The van der Waals surface area contributed by atoms with Crippen molar-refractivity contribution < 1.29 is 27.8 Å². The largest absolute Gasteiger partial charge is 0.446 e. The van der Waals surface area contributed by atoms with Crippen molar-refractivity contribution in [3.8, 4) is 5.75 Å². The van der Waals surface area contributed by atoms with Crippen molar-refractivity contribution in [1.82, 2.24) is 4.90 Å². The maximum atomic E-state index is 13.4. The lowest BCUT2D eigenvalue weighted by molar-refractivity contribution is 0.140. The van der Waals surface area contributed by atoms with E-state index in [-0.39, 0.29) is 17.9 Å². The Morgan fingerprint density at radius 2 is 1.88 bits per heavy atom. The number of imide groups is 1. The van der Waals surface area contributed by atoms with E-state index in [0.29, 0.717) is 0 Å². The Morgan fingerprint density at radius 1 is 1.17 bits per heavy atom. The van der Waals surface area contributed by atoms with Crippen LogP contribution in [0.4, 0.5) is 18.4 Å². The van der Waals surface area contributed by atoms with Gasteiger partial charge in [0, 0.05) is 0 Å². The van der Waals surface area contributed by atoms with Crippen LogP contribution >= 0.6 is 0 Å². The first kappa shape index (κ1) is 15.9. The van der Waals surface area contributed by atoms with Gasteiger partial charge in [0.25, 0.3) is 0 Å². The number of hydrogen-bond donors (Lipinski definition) is 0. The lowest BCUT2D eigenvalue weighted by Crippen LogP contribution is -2.36. The second kappa shape index (κ2) is 6.27. The van der Waals surface area contributed by atoms with Crippen molar-refractivity contribution in [2.75, 3.05) is 6.61 Å². The van der Waals surface area contributed by atoms with Gasteiger partial charge in [-0.1, -0.05) is 23.8 Å². The number of aryl methyl sites for hydroxylation is 1. The first-order chi connectivity index (χ1) is 11.5. The van der Waals surface area contributed by atoms with Crippen LogP contribution in [-0.2, 0) is 4.74 Å². The zero-order chi connectivity index (χ0) is 17.3. The standard InChI is InChI=1S/C17H13F2NO4/c1-10-2-5-12(6-3-10)24-17(22)20-15(9-23-16(20)21)11-4-7-13(18)14(19)8-11/h2-8,15H,9H2,1H3/t15-/m1/s1. The fourth-order valence-corrected chi connectivity index (χ4v) is 2.34. The minimum atomic E-state index is -1.07. The Kier molecular flexibility index (Phi) is 4.16. The monoisotopic (exact) mass is 333 g/mol. The molecule has 0 saturated carbocycles. The Labute approximate surface area is 136 Å². The Bertz CT molecular complexity index is 792. The van der Waals surface area contributed by atoms with Crippen LogP contribution in [0.15, 0.2) is 42.5 Å². The van der Waals surface area contributed by atoms with Crippen LogP contribution in [0, 0.1) is 18.6 Å². The molecule has 0 N–H and O–H groups in total. The molecule has 1 aliphatic rings. The van der Waals surface area contributed by atoms with E-state index in [2.05, 4.69) is 0 Å². The quantitative estimate of drug-likeness (QED) is 0.834. The van der Waals surface area contributed by atoms with Crippen molar-refractivity contribution in [2.45, 2.75) is 13.0 Å². The summed E-state index contributed by atoms with van der Waals surface area (Å²) >= 11 is 0. The third kappa shape index (κ3) is 3.05.